The number of anilines is 1. The molecule has 0 aliphatic heterocycles. The highest BCUT2D eigenvalue weighted by molar-refractivity contribution is 6.09. The van der Waals surface area contributed by atoms with E-state index in [4.69, 9.17) is 8.83 Å². The van der Waals surface area contributed by atoms with E-state index >= 15 is 0 Å². The number of carbonyl (C=O) groups is 1. The molecule has 146 valence electrons. The average molecular weight is 387 g/mol. The highest BCUT2D eigenvalue weighted by Gasteiger charge is 2.23. The number of carbonyl (C=O) groups excluding carboxylic acids is 1. The van der Waals surface area contributed by atoms with Gasteiger partial charge in [-0.05, 0) is 54.7 Å². The normalized spacial score (nSPS) is 13.3. The van der Waals surface area contributed by atoms with Gasteiger partial charge in [-0.2, -0.15) is 0 Å². The predicted octanol–water partition coefficient (Wildman–Crippen LogP) is 5.29. The first-order chi connectivity index (χ1) is 14.0. The molecular formula is C24H21NO4. The van der Waals surface area contributed by atoms with E-state index in [1.165, 1.54) is 17.2 Å². The number of rotatable bonds is 3. The molecule has 2 aromatic heterocycles. The van der Waals surface area contributed by atoms with Crippen LogP contribution in [0.4, 0.5) is 5.69 Å². The third-order valence-electron chi connectivity index (χ3n) is 5.57. The fourth-order valence-electron chi connectivity index (χ4n) is 4.04. The number of hydrogen-bond acceptors (Lipinski definition) is 4. The zero-order valence-corrected chi connectivity index (χ0v) is 16.4. The second-order valence-electron chi connectivity index (χ2n) is 7.90. The smallest absolute Gasteiger partial charge is 0.336 e. The minimum atomic E-state index is -0.438. The number of amides is 1. The van der Waals surface area contributed by atoms with E-state index in [2.05, 4.69) is 11.4 Å². The van der Waals surface area contributed by atoms with Crippen LogP contribution < -0.4 is 10.9 Å². The molecule has 1 aliphatic rings. The first-order valence-corrected chi connectivity index (χ1v) is 9.93. The van der Waals surface area contributed by atoms with Gasteiger partial charge in [0.25, 0.3) is 0 Å². The Hall–Kier alpha value is -3.34. The Morgan fingerprint density at radius 2 is 1.72 bits per heavy atom. The van der Waals surface area contributed by atoms with Crippen LogP contribution in [0.2, 0.25) is 0 Å². The van der Waals surface area contributed by atoms with Crippen LogP contribution in [0.3, 0.4) is 0 Å². The highest BCUT2D eigenvalue weighted by Crippen LogP contribution is 2.41. The van der Waals surface area contributed by atoms with E-state index in [1.54, 1.807) is 0 Å². The van der Waals surface area contributed by atoms with E-state index in [-0.39, 0.29) is 11.8 Å². The molecule has 0 bridgehead atoms. The Balaban J connectivity index is 1.81. The van der Waals surface area contributed by atoms with Gasteiger partial charge < -0.3 is 14.2 Å². The van der Waals surface area contributed by atoms with Crippen molar-refractivity contribution in [3.05, 3.63) is 64.0 Å². The zero-order valence-electron chi connectivity index (χ0n) is 16.4. The molecule has 0 unspecified atom stereocenters. The van der Waals surface area contributed by atoms with Crippen LogP contribution in [-0.2, 0) is 17.6 Å². The van der Waals surface area contributed by atoms with Crippen molar-refractivity contribution in [1.29, 1.82) is 0 Å². The first kappa shape index (κ1) is 17.7. The molecular weight excluding hydrogens is 366 g/mol. The number of nitrogens with one attached hydrogen (secondary N) is 1. The van der Waals surface area contributed by atoms with Crippen LogP contribution in [-0.4, -0.2) is 5.91 Å². The summed E-state index contributed by atoms with van der Waals surface area (Å²) >= 11 is 0. The summed E-state index contributed by atoms with van der Waals surface area (Å²) in [6.45, 7) is 3.68. The van der Waals surface area contributed by atoms with Gasteiger partial charge in [-0.25, -0.2) is 4.79 Å². The Morgan fingerprint density at radius 1 is 0.966 bits per heavy atom. The van der Waals surface area contributed by atoms with E-state index in [0.717, 1.165) is 30.0 Å². The maximum absolute atomic E-state index is 12.5. The van der Waals surface area contributed by atoms with Gasteiger partial charge in [0.2, 0.25) is 5.91 Å². The highest BCUT2D eigenvalue weighted by atomic mass is 16.4. The summed E-state index contributed by atoms with van der Waals surface area (Å²) < 4.78 is 11.7. The van der Waals surface area contributed by atoms with Crippen LogP contribution in [0.5, 0.6) is 0 Å². The molecule has 0 saturated heterocycles. The van der Waals surface area contributed by atoms with Crippen LogP contribution in [0.1, 0.15) is 31.4 Å². The fraction of sp³-hybridized carbons (Fsp3) is 0.250. The number of para-hydroxylation sites is 1. The molecule has 2 heterocycles. The van der Waals surface area contributed by atoms with Crippen molar-refractivity contribution in [3.8, 4) is 11.3 Å². The molecule has 5 rings (SSSR count). The van der Waals surface area contributed by atoms with Gasteiger partial charge in [-0.3, -0.25) is 4.79 Å². The molecule has 1 amide bonds. The lowest BCUT2D eigenvalue weighted by Crippen LogP contribution is -2.18. The molecule has 1 N–H and O–H groups in total. The quantitative estimate of drug-likeness (QED) is 0.485. The zero-order chi connectivity index (χ0) is 20.1. The molecule has 0 saturated carbocycles. The van der Waals surface area contributed by atoms with E-state index in [0.29, 0.717) is 28.2 Å². The third-order valence-corrected chi connectivity index (χ3v) is 5.57. The van der Waals surface area contributed by atoms with Gasteiger partial charge in [-0.1, -0.05) is 26.0 Å². The van der Waals surface area contributed by atoms with E-state index in [9.17, 15) is 9.59 Å². The van der Waals surface area contributed by atoms with Crippen molar-refractivity contribution in [2.45, 2.75) is 33.1 Å². The Kier molecular flexibility index (Phi) is 4.05. The summed E-state index contributed by atoms with van der Waals surface area (Å²) in [4.78, 5) is 24.8. The number of fused-ring (bicyclic) bond motifs is 3. The van der Waals surface area contributed by atoms with Gasteiger partial charge in [0.05, 0.1) is 5.69 Å². The summed E-state index contributed by atoms with van der Waals surface area (Å²) in [6.07, 6.45) is 3.12. The van der Waals surface area contributed by atoms with Crippen LogP contribution in [0.15, 0.2) is 56.1 Å². The molecule has 5 heteroatoms. The van der Waals surface area contributed by atoms with Crippen molar-refractivity contribution in [2.75, 3.05) is 5.32 Å². The Morgan fingerprint density at radius 3 is 2.52 bits per heavy atom. The minimum Gasteiger partial charge on any atom is -0.454 e. The summed E-state index contributed by atoms with van der Waals surface area (Å²) in [6, 6.07) is 13.1. The number of furan rings is 1. The second kappa shape index (κ2) is 6.62. The van der Waals surface area contributed by atoms with Crippen molar-refractivity contribution >= 4 is 33.5 Å². The number of aryl methyl sites for hydroxylation is 2. The monoisotopic (exact) mass is 387 g/mol. The maximum Gasteiger partial charge on any atom is 0.336 e. The van der Waals surface area contributed by atoms with Gasteiger partial charge >= 0.3 is 5.63 Å². The standard InChI is InChI=1S/C24H21NO4/c1-13(2)24(27)25-22-16-8-3-4-9-19(16)29-23(22)18-12-21(26)28-20-11-15-7-5-6-14(15)10-17(18)20/h3-4,8-13H,5-7H2,1-2H3,(H,25,27). The van der Waals surface area contributed by atoms with Crippen LogP contribution in [0, 0.1) is 5.92 Å². The molecule has 0 radical (unpaired) electrons. The third kappa shape index (κ3) is 2.94. The van der Waals surface area contributed by atoms with Crippen LogP contribution in [0.25, 0.3) is 33.3 Å². The molecule has 0 atom stereocenters. The summed E-state index contributed by atoms with van der Waals surface area (Å²) in [5.41, 5.74) is 4.51. The number of benzene rings is 2. The van der Waals surface area contributed by atoms with Crippen LogP contribution >= 0.6 is 0 Å². The molecule has 0 spiro atoms. The molecule has 29 heavy (non-hydrogen) atoms. The SMILES string of the molecule is CC(C)C(=O)Nc1c(-c2cc(=O)oc3cc4c(cc23)CCC4)oc2ccccc12. The van der Waals surface area contributed by atoms with Crippen molar-refractivity contribution in [2.24, 2.45) is 5.92 Å². The summed E-state index contributed by atoms with van der Waals surface area (Å²) in [5.74, 6) is 0.194. The Bertz CT molecular complexity index is 1330. The lowest BCUT2D eigenvalue weighted by atomic mass is 10.0. The van der Waals surface area contributed by atoms with Gasteiger partial charge in [0.15, 0.2) is 5.76 Å². The average Bonchev–Trinajstić information content (AvgIpc) is 3.30. The van der Waals surface area contributed by atoms with E-state index < -0.39 is 5.63 Å². The van der Waals surface area contributed by atoms with E-state index in [1.807, 2.05) is 44.2 Å². The molecule has 0 fully saturated rings. The summed E-state index contributed by atoms with van der Waals surface area (Å²) in [5, 5.41) is 4.63. The maximum atomic E-state index is 12.5. The lowest BCUT2D eigenvalue weighted by molar-refractivity contribution is -0.118. The summed E-state index contributed by atoms with van der Waals surface area (Å²) in [7, 11) is 0. The largest absolute Gasteiger partial charge is 0.454 e. The van der Waals surface area contributed by atoms with Gasteiger partial charge in [-0.15, -0.1) is 0 Å². The minimum absolute atomic E-state index is 0.106. The number of hydrogen-bond donors (Lipinski definition) is 1. The van der Waals surface area contributed by atoms with Gasteiger partial charge in [0.1, 0.15) is 11.2 Å². The fourth-order valence-corrected chi connectivity index (χ4v) is 4.04. The molecule has 2 aromatic carbocycles. The van der Waals surface area contributed by atoms with Crippen molar-refractivity contribution in [1.82, 2.24) is 0 Å². The van der Waals surface area contributed by atoms with Crippen molar-refractivity contribution in [3.63, 3.8) is 0 Å². The first-order valence-electron chi connectivity index (χ1n) is 9.93. The topological polar surface area (TPSA) is 72.5 Å². The van der Waals surface area contributed by atoms with Gasteiger partial charge in [0, 0.05) is 28.3 Å². The lowest BCUT2D eigenvalue weighted by Gasteiger charge is -2.10. The Labute approximate surface area is 167 Å². The molecule has 5 nitrogen and oxygen atoms in total. The van der Waals surface area contributed by atoms with Crippen molar-refractivity contribution < 1.29 is 13.6 Å². The predicted molar refractivity (Wildman–Crippen MR) is 113 cm³/mol. The molecule has 1 aliphatic carbocycles. The molecule has 4 aromatic rings. The second-order valence-corrected chi connectivity index (χ2v) is 7.90.